The summed E-state index contributed by atoms with van der Waals surface area (Å²) in [6.45, 7) is 3.18. The van der Waals surface area contributed by atoms with E-state index in [0.717, 1.165) is 12.2 Å². The highest BCUT2D eigenvalue weighted by molar-refractivity contribution is 5.92. The van der Waals surface area contributed by atoms with Crippen molar-refractivity contribution in [2.24, 2.45) is 16.6 Å². The maximum atomic E-state index is 5.88. The number of aliphatic imine (C=N–C) groups is 1. The summed E-state index contributed by atoms with van der Waals surface area (Å²) < 4.78 is 0. The van der Waals surface area contributed by atoms with E-state index in [0.29, 0.717) is 11.9 Å². The minimum Gasteiger partial charge on any atom is -0.370 e. The SMILES string of the molecule is CN1CCC(CN=C(N)Nc2ccccc2)CC1. The number of rotatable bonds is 3. The van der Waals surface area contributed by atoms with Crippen LogP contribution in [0.5, 0.6) is 0 Å². The van der Waals surface area contributed by atoms with E-state index in [1.807, 2.05) is 30.3 Å². The van der Waals surface area contributed by atoms with Gasteiger partial charge in [0, 0.05) is 12.2 Å². The molecule has 3 N–H and O–H groups in total. The number of nitrogens with one attached hydrogen (secondary N) is 1. The van der Waals surface area contributed by atoms with Crippen LogP contribution >= 0.6 is 0 Å². The Morgan fingerprint density at radius 1 is 1.33 bits per heavy atom. The fourth-order valence-corrected chi connectivity index (χ4v) is 2.18. The molecule has 0 amide bonds. The van der Waals surface area contributed by atoms with E-state index in [2.05, 4.69) is 22.3 Å². The molecule has 0 spiro atoms. The monoisotopic (exact) mass is 246 g/mol. The Kier molecular flexibility index (Phi) is 4.59. The fraction of sp³-hybridized carbons (Fsp3) is 0.500. The lowest BCUT2D eigenvalue weighted by atomic mass is 9.97. The molecule has 0 bridgehead atoms. The molecule has 0 unspecified atom stereocenters. The normalized spacial score (nSPS) is 18.8. The number of nitrogens with two attached hydrogens (primary N) is 1. The van der Waals surface area contributed by atoms with Crippen LogP contribution in [0.1, 0.15) is 12.8 Å². The zero-order chi connectivity index (χ0) is 12.8. The summed E-state index contributed by atoms with van der Waals surface area (Å²) in [6, 6.07) is 9.91. The average Bonchev–Trinajstić information content (AvgIpc) is 2.39. The molecule has 1 saturated heterocycles. The van der Waals surface area contributed by atoms with Crippen molar-refractivity contribution in [1.29, 1.82) is 0 Å². The van der Waals surface area contributed by atoms with E-state index in [1.165, 1.54) is 25.9 Å². The Bertz CT molecular complexity index is 380. The highest BCUT2D eigenvalue weighted by Crippen LogP contribution is 2.16. The molecule has 1 fully saturated rings. The number of hydrogen-bond donors (Lipinski definition) is 2. The van der Waals surface area contributed by atoms with Gasteiger partial charge < -0.3 is 16.0 Å². The lowest BCUT2D eigenvalue weighted by Crippen LogP contribution is -2.32. The van der Waals surface area contributed by atoms with Crippen LogP contribution in [0, 0.1) is 5.92 Å². The molecular formula is C14H22N4. The van der Waals surface area contributed by atoms with Gasteiger partial charge in [0.05, 0.1) is 0 Å². The molecule has 0 aromatic heterocycles. The molecule has 1 aromatic carbocycles. The van der Waals surface area contributed by atoms with Crippen LogP contribution in [0.25, 0.3) is 0 Å². The summed E-state index contributed by atoms with van der Waals surface area (Å²) in [5, 5.41) is 3.11. The Hall–Kier alpha value is -1.55. The maximum Gasteiger partial charge on any atom is 0.193 e. The first-order valence-corrected chi connectivity index (χ1v) is 6.54. The number of benzene rings is 1. The van der Waals surface area contributed by atoms with Crippen LogP contribution in [-0.4, -0.2) is 37.5 Å². The molecule has 1 aliphatic heterocycles. The van der Waals surface area contributed by atoms with Gasteiger partial charge in [-0.3, -0.25) is 4.99 Å². The third-order valence-electron chi connectivity index (χ3n) is 3.40. The summed E-state index contributed by atoms with van der Waals surface area (Å²) in [6.07, 6.45) is 2.44. The van der Waals surface area contributed by atoms with Gasteiger partial charge in [0.25, 0.3) is 0 Å². The largest absolute Gasteiger partial charge is 0.370 e. The summed E-state index contributed by atoms with van der Waals surface area (Å²) in [7, 11) is 2.17. The van der Waals surface area contributed by atoms with E-state index in [9.17, 15) is 0 Å². The van der Waals surface area contributed by atoms with Crippen LogP contribution in [0.2, 0.25) is 0 Å². The van der Waals surface area contributed by atoms with Crippen LogP contribution in [0.3, 0.4) is 0 Å². The molecule has 0 saturated carbocycles. The van der Waals surface area contributed by atoms with Gasteiger partial charge in [-0.1, -0.05) is 18.2 Å². The quantitative estimate of drug-likeness (QED) is 0.631. The van der Waals surface area contributed by atoms with E-state index in [-0.39, 0.29) is 0 Å². The van der Waals surface area contributed by atoms with Gasteiger partial charge in [0.15, 0.2) is 5.96 Å². The molecule has 18 heavy (non-hydrogen) atoms. The van der Waals surface area contributed by atoms with Gasteiger partial charge in [0.2, 0.25) is 0 Å². The van der Waals surface area contributed by atoms with Crippen molar-refractivity contribution >= 4 is 11.6 Å². The molecule has 4 nitrogen and oxygen atoms in total. The molecule has 4 heteroatoms. The number of piperidine rings is 1. The van der Waals surface area contributed by atoms with Gasteiger partial charge in [-0.2, -0.15) is 0 Å². The predicted molar refractivity (Wildman–Crippen MR) is 76.8 cm³/mol. The van der Waals surface area contributed by atoms with Gasteiger partial charge in [-0.15, -0.1) is 0 Å². The van der Waals surface area contributed by atoms with Crippen molar-refractivity contribution in [3.05, 3.63) is 30.3 Å². The topological polar surface area (TPSA) is 53.6 Å². The molecule has 98 valence electrons. The summed E-state index contributed by atoms with van der Waals surface area (Å²) in [5.74, 6) is 1.19. The number of para-hydroxylation sites is 1. The van der Waals surface area contributed by atoms with E-state index in [1.54, 1.807) is 0 Å². The Balaban J connectivity index is 1.79. The first-order chi connectivity index (χ1) is 8.74. The lowest BCUT2D eigenvalue weighted by molar-refractivity contribution is 0.224. The van der Waals surface area contributed by atoms with Crippen molar-refractivity contribution in [3.8, 4) is 0 Å². The van der Waals surface area contributed by atoms with Gasteiger partial charge in [-0.05, 0) is 51.0 Å². The lowest BCUT2D eigenvalue weighted by Gasteiger charge is -2.27. The molecule has 0 aliphatic carbocycles. The minimum atomic E-state index is 0.514. The van der Waals surface area contributed by atoms with Crippen molar-refractivity contribution in [3.63, 3.8) is 0 Å². The first-order valence-electron chi connectivity index (χ1n) is 6.54. The van der Waals surface area contributed by atoms with Crippen molar-refractivity contribution in [2.75, 3.05) is 32.0 Å². The van der Waals surface area contributed by atoms with Crippen LogP contribution in [0.4, 0.5) is 5.69 Å². The number of likely N-dealkylation sites (tertiary alicyclic amines) is 1. The van der Waals surface area contributed by atoms with E-state index >= 15 is 0 Å². The zero-order valence-electron chi connectivity index (χ0n) is 11.0. The molecule has 0 atom stereocenters. The number of guanidine groups is 1. The summed E-state index contributed by atoms with van der Waals surface area (Å²) in [4.78, 5) is 6.80. The second kappa shape index (κ2) is 6.40. The third-order valence-corrected chi connectivity index (χ3v) is 3.40. The van der Waals surface area contributed by atoms with Gasteiger partial charge in [0.1, 0.15) is 0 Å². The minimum absolute atomic E-state index is 0.514. The summed E-state index contributed by atoms with van der Waals surface area (Å²) in [5.41, 5.74) is 6.87. The van der Waals surface area contributed by atoms with Gasteiger partial charge in [-0.25, -0.2) is 0 Å². The predicted octanol–water partition coefficient (Wildman–Crippen LogP) is 1.75. The van der Waals surface area contributed by atoms with Crippen molar-refractivity contribution < 1.29 is 0 Å². The average molecular weight is 246 g/mol. The van der Waals surface area contributed by atoms with Gasteiger partial charge >= 0.3 is 0 Å². The first kappa shape index (κ1) is 12.9. The van der Waals surface area contributed by atoms with Crippen molar-refractivity contribution in [2.45, 2.75) is 12.8 Å². The Morgan fingerprint density at radius 2 is 2.00 bits per heavy atom. The van der Waals surface area contributed by atoms with E-state index < -0.39 is 0 Å². The van der Waals surface area contributed by atoms with Crippen LogP contribution in [-0.2, 0) is 0 Å². The maximum absolute atomic E-state index is 5.88. The number of nitrogens with zero attached hydrogens (tertiary/aromatic N) is 2. The molecule has 2 rings (SSSR count). The molecule has 1 aromatic rings. The Morgan fingerprint density at radius 3 is 2.67 bits per heavy atom. The number of anilines is 1. The smallest absolute Gasteiger partial charge is 0.193 e. The second-order valence-electron chi connectivity index (χ2n) is 4.96. The highest BCUT2D eigenvalue weighted by Gasteiger charge is 2.15. The molecule has 1 heterocycles. The Labute approximate surface area is 109 Å². The number of hydrogen-bond acceptors (Lipinski definition) is 2. The zero-order valence-corrected chi connectivity index (χ0v) is 11.0. The van der Waals surface area contributed by atoms with Crippen molar-refractivity contribution in [1.82, 2.24) is 4.90 Å². The fourth-order valence-electron chi connectivity index (χ4n) is 2.18. The van der Waals surface area contributed by atoms with Crippen LogP contribution < -0.4 is 11.1 Å². The van der Waals surface area contributed by atoms with E-state index in [4.69, 9.17) is 5.73 Å². The third kappa shape index (κ3) is 4.04. The standard InChI is InChI=1S/C14H22N4/c1-18-9-7-12(8-10-18)11-16-14(15)17-13-5-3-2-4-6-13/h2-6,12H,7-11H2,1H3,(H3,15,16,17). The highest BCUT2D eigenvalue weighted by atomic mass is 15.1. The molecular weight excluding hydrogens is 224 g/mol. The van der Waals surface area contributed by atoms with Crippen LogP contribution in [0.15, 0.2) is 35.3 Å². The summed E-state index contributed by atoms with van der Waals surface area (Å²) >= 11 is 0. The molecule has 0 radical (unpaired) electrons. The molecule has 1 aliphatic rings. The second-order valence-corrected chi connectivity index (χ2v) is 4.96.